The number of alkyl halides is 3. The van der Waals surface area contributed by atoms with Crippen molar-refractivity contribution >= 4 is 11.8 Å². The summed E-state index contributed by atoms with van der Waals surface area (Å²) in [5, 5.41) is 63.7. The van der Waals surface area contributed by atoms with Gasteiger partial charge in [-0.1, -0.05) is 0 Å². The van der Waals surface area contributed by atoms with Crippen LogP contribution < -0.4 is 10.6 Å². The first-order chi connectivity index (χ1) is 16.3. The fraction of sp³-hybridized carbons (Fsp3) is 0.889. The molecule has 204 valence electrons. The van der Waals surface area contributed by atoms with Crippen LogP contribution in [-0.2, 0) is 28.5 Å². The van der Waals surface area contributed by atoms with Gasteiger partial charge < -0.3 is 60.2 Å². The van der Waals surface area contributed by atoms with Crippen molar-refractivity contribution in [3.05, 3.63) is 0 Å². The molecule has 2 heterocycles. The number of hydrogen-bond donors (Lipinski definition) is 8. The number of carbonyl (C=O) groups is 2. The molecule has 10 atom stereocenters. The lowest BCUT2D eigenvalue weighted by molar-refractivity contribution is -0.348. The SMILES string of the molecule is CC(=O)N[C@H]1[C@H](OCCNC(=O)C(F)(F)F)O[C@H](CO)[C@@H](O[C@@H]2O[C@H](CO)[C@H](O)[C@H](O)[C@H]2O)[C@@H]1O. The first kappa shape index (κ1) is 29.6. The van der Waals surface area contributed by atoms with E-state index < -0.39 is 106 Å². The quantitative estimate of drug-likeness (QED) is 0.134. The molecule has 0 unspecified atom stereocenters. The van der Waals surface area contributed by atoms with E-state index in [0.29, 0.717) is 0 Å². The van der Waals surface area contributed by atoms with E-state index in [4.69, 9.17) is 18.9 Å². The molecular formula is C18H29F3N2O12. The van der Waals surface area contributed by atoms with Crippen LogP contribution in [0.25, 0.3) is 0 Å². The Labute approximate surface area is 196 Å². The zero-order valence-electron chi connectivity index (χ0n) is 18.4. The minimum absolute atomic E-state index is 0.536. The van der Waals surface area contributed by atoms with E-state index >= 15 is 0 Å². The van der Waals surface area contributed by atoms with Crippen molar-refractivity contribution in [2.45, 2.75) is 74.4 Å². The molecule has 2 fully saturated rings. The van der Waals surface area contributed by atoms with E-state index in [9.17, 15) is 53.4 Å². The highest BCUT2D eigenvalue weighted by atomic mass is 19.4. The third kappa shape index (κ3) is 7.42. The van der Waals surface area contributed by atoms with Gasteiger partial charge >= 0.3 is 12.1 Å². The highest BCUT2D eigenvalue weighted by Gasteiger charge is 2.51. The van der Waals surface area contributed by atoms with Crippen molar-refractivity contribution in [2.75, 3.05) is 26.4 Å². The number of ether oxygens (including phenoxy) is 4. The fourth-order valence-electron chi connectivity index (χ4n) is 3.54. The molecule has 0 radical (unpaired) electrons. The molecule has 0 aromatic heterocycles. The predicted molar refractivity (Wildman–Crippen MR) is 103 cm³/mol. The molecule has 0 aliphatic carbocycles. The maximum absolute atomic E-state index is 12.3. The molecule has 17 heteroatoms. The van der Waals surface area contributed by atoms with Gasteiger partial charge in [-0.3, -0.25) is 9.59 Å². The van der Waals surface area contributed by atoms with E-state index in [1.54, 1.807) is 5.32 Å². The van der Waals surface area contributed by atoms with E-state index in [-0.39, 0.29) is 0 Å². The summed E-state index contributed by atoms with van der Waals surface area (Å²) in [6.45, 7) is -1.62. The second-order valence-corrected chi connectivity index (χ2v) is 7.86. The second kappa shape index (κ2) is 12.5. The van der Waals surface area contributed by atoms with Crippen LogP contribution in [0, 0.1) is 0 Å². The lowest BCUT2D eigenvalue weighted by Gasteiger charge is -2.47. The molecule has 8 N–H and O–H groups in total. The van der Waals surface area contributed by atoms with Crippen molar-refractivity contribution in [3.63, 3.8) is 0 Å². The lowest BCUT2D eigenvalue weighted by Crippen LogP contribution is -2.67. The lowest BCUT2D eigenvalue weighted by atomic mass is 9.95. The molecule has 2 aliphatic rings. The summed E-state index contributed by atoms with van der Waals surface area (Å²) in [7, 11) is 0. The summed E-state index contributed by atoms with van der Waals surface area (Å²) in [6.07, 6.45) is -19.6. The Kier molecular flexibility index (Phi) is 10.6. The van der Waals surface area contributed by atoms with Gasteiger partial charge in [0.15, 0.2) is 12.6 Å². The molecule has 35 heavy (non-hydrogen) atoms. The Balaban J connectivity index is 2.11. The van der Waals surface area contributed by atoms with Gasteiger partial charge in [-0.05, 0) is 0 Å². The summed E-state index contributed by atoms with van der Waals surface area (Å²) in [5.74, 6) is -2.88. The summed E-state index contributed by atoms with van der Waals surface area (Å²) in [5.41, 5.74) is 0. The smallest absolute Gasteiger partial charge is 0.394 e. The van der Waals surface area contributed by atoms with Crippen LogP contribution in [-0.4, -0.2) is 136 Å². The number of carbonyl (C=O) groups excluding carboxylic acids is 2. The van der Waals surface area contributed by atoms with E-state index in [0.717, 1.165) is 6.92 Å². The fourth-order valence-corrected chi connectivity index (χ4v) is 3.54. The first-order valence-electron chi connectivity index (χ1n) is 10.5. The maximum atomic E-state index is 12.3. The molecular weight excluding hydrogens is 493 g/mol. The summed E-state index contributed by atoms with van der Waals surface area (Å²) in [6, 6.07) is -1.40. The standard InChI is InChI=1S/C18H29F3N2O12/c1-6(26)23-9-11(28)14(35-16-13(30)12(29)10(27)7(4-24)33-16)8(5-25)34-15(9)32-3-2-22-17(31)18(19,20)21/h7-16,24-25,27-30H,2-5H2,1H3,(H,22,31)(H,23,26)/t7-,8-,9-,10+,11-,12+,13-,14-,15-,16+/m1/s1. The highest BCUT2D eigenvalue weighted by Crippen LogP contribution is 2.29. The minimum atomic E-state index is -5.10. The minimum Gasteiger partial charge on any atom is -0.394 e. The van der Waals surface area contributed by atoms with E-state index in [2.05, 4.69) is 5.32 Å². The summed E-state index contributed by atoms with van der Waals surface area (Å²) in [4.78, 5) is 22.5. The largest absolute Gasteiger partial charge is 0.471 e. The third-order valence-corrected chi connectivity index (χ3v) is 5.29. The Morgan fingerprint density at radius 2 is 1.51 bits per heavy atom. The maximum Gasteiger partial charge on any atom is 0.471 e. The monoisotopic (exact) mass is 522 g/mol. The molecule has 0 saturated carbocycles. The second-order valence-electron chi connectivity index (χ2n) is 7.86. The van der Waals surface area contributed by atoms with E-state index in [1.807, 2.05) is 0 Å². The van der Waals surface area contributed by atoms with Crippen LogP contribution in [0.2, 0.25) is 0 Å². The van der Waals surface area contributed by atoms with Crippen LogP contribution >= 0.6 is 0 Å². The average molecular weight is 522 g/mol. The zero-order chi connectivity index (χ0) is 26.5. The number of hydrogen-bond acceptors (Lipinski definition) is 12. The molecule has 0 bridgehead atoms. The zero-order valence-corrected chi connectivity index (χ0v) is 18.4. The number of amides is 2. The van der Waals surface area contributed by atoms with Crippen LogP contribution in [0.5, 0.6) is 0 Å². The van der Waals surface area contributed by atoms with Crippen molar-refractivity contribution in [2.24, 2.45) is 0 Å². The average Bonchev–Trinajstić information content (AvgIpc) is 2.79. The van der Waals surface area contributed by atoms with Gasteiger partial charge in [0, 0.05) is 13.5 Å². The van der Waals surface area contributed by atoms with Crippen LogP contribution in [0.4, 0.5) is 13.2 Å². The van der Waals surface area contributed by atoms with Crippen LogP contribution in [0.1, 0.15) is 6.92 Å². The third-order valence-electron chi connectivity index (χ3n) is 5.29. The topological polar surface area (TPSA) is 216 Å². The highest BCUT2D eigenvalue weighted by molar-refractivity contribution is 5.81. The number of halogens is 3. The molecule has 2 aliphatic heterocycles. The number of nitrogens with one attached hydrogen (secondary N) is 2. The number of aliphatic hydroxyl groups excluding tert-OH is 6. The van der Waals surface area contributed by atoms with Gasteiger partial charge in [-0.25, -0.2) is 0 Å². The normalized spacial score (nSPS) is 38.1. The van der Waals surface area contributed by atoms with Crippen LogP contribution in [0.15, 0.2) is 0 Å². The number of rotatable bonds is 9. The molecule has 0 aromatic carbocycles. The molecule has 2 saturated heterocycles. The molecule has 2 rings (SSSR count). The van der Waals surface area contributed by atoms with Gasteiger partial charge in [-0.2, -0.15) is 13.2 Å². The van der Waals surface area contributed by atoms with Gasteiger partial charge in [0.05, 0.1) is 19.8 Å². The molecule has 0 aromatic rings. The number of aliphatic hydroxyl groups is 6. The Hall–Kier alpha value is -1.67. The Bertz CT molecular complexity index is 715. The van der Waals surface area contributed by atoms with Crippen molar-refractivity contribution < 1.29 is 72.3 Å². The van der Waals surface area contributed by atoms with Gasteiger partial charge in [0.1, 0.15) is 48.8 Å². The summed E-state index contributed by atoms with van der Waals surface area (Å²) >= 11 is 0. The van der Waals surface area contributed by atoms with Crippen molar-refractivity contribution in [3.8, 4) is 0 Å². The predicted octanol–water partition coefficient (Wildman–Crippen LogP) is -4.55. The van der Waals surface area contributed by atoms with Crippen molar-refractivity contribution in [1.29, 1.82) is 0 Å². The van der Waals surface area contributed by atoms with Gasteiger partial charge in [-0.15, -0.1) is 0 Å². The summed E-state index contributed by atoms with van der Waals surface area (Å²) < 4.78 is 58.2. The van der Waals surface area contributed by atoms with Gasteiger partial charge in [0.2, 0.25) is 5.91 Å². The Morgan fingerprint density at radius 1 is 0.914 bits per heavy atom. The van der Waals surface area contributed by atoms with Crippen molar-refractivity contribution in [1.82, 2.24) is 10.6 Å². The van der Waals surface area contributed by atoms with Crippen LogP contribution in [0.3, 0.4) is 0 Å². The van der Waals surface area contributed by atoms with Gasteiger partial charge in [0.25, 0.3) is 0 Å². The molecule has 2 amide bonds. The first-order valence-corrected chi connectivity index (χ1v) is 10.5. The Morgan fingerprint density at radius 3 is 2.06 bits per heavy atom. The van der Waals surface area contributed by atoms with E-state index in [1.165, 1.54) is 0 Å². The molecule has 14 nitrogen and oxygen atoms in total. The molecule has 0 spiro atoms.